The molecular formula is C16H14O3S. The molecule has 2 aromatic carbocycles. The Labute approximate surface area is 121 Å². The number of fused-ring (bicyclic) bond motifs is 2. The average molecular weight is 286 g/mol. The van der Waals surface area contributed by atoms with E-state index >= 15 is 0 Å². The van der Waals surface area contributed by atoms with E-state index in [1.54, 1.807) is 11.8 Å². The highest BCUT2D eigenvalue weighted by Crippen LogP contribution is 2.39. The lowest BCUT2D eigenvalue weighted by Gasteiger charge is -2.15. The Morgan fingerprint density at radius 2 is 2.05 bits per heavy atom. The highest BCUT2D eigenvalue weighted by Gasteiger charge is 2.30. The van der Waals surface area contributed by atoms with E-state index in [0.29, 0.717) is 12.4 Å². The standard InChI is InChI=1S/C16H14O3S/c1-20-11-6-7-14-13(8-11)15(16(17)18)12-5-3-2-4-10(12)9-19-14/h2-8,15H,9H2,1H3,(H,17,18)/t15-/m0/s1. The number of carboxylic acid groups (broad SMARTS) is 1. The molecule has 3 rings (SSSR count). The number of thioether (sulfide) groups is 1. The Hall–Kier alpha value is -1.94. The van der Waals surface area contributed by atoms with Crippen LogP contribution in [-0.4, -0.2) is 17.3 Å². The Morgan fingerprint density at radius 1 is 1.25 bits per heavy atom. The Kier molecular flexibility index (Phi) is 3.40. The van der Waals surface area contributed by atoms with Crippen LogP contribution in [0.25, 0.3) is 0 Å². The molecule has 0 spiro atoms. The van der Waals surface area contributed by atoms with Gasteiger partial charge in [-0.2, -0.15) is 0 Å². The first-order chi connectivity index (χ1) is 9.70. The van der Waals surface area contributed by atoms with E-state index in [1.165, 1.54) is 0 Å². The van der Waals surface area contributed by atoms with E-state index in [0.717, 1.165) is 21.6 Å². The van der Waals surface area contributed by atoms with Crippen molar-refractivity contribution in [2.45, 2.75) is 17.4 Å². The van der Waals surface area contributed by atoms with Gasteiger partial charge in [0.15, 0.2) is 0 Å². The van der Waals surface area contributed by atoms with Crippen LogP contribution in [0.5, 0.6) is 5.75 Å². The third-order valence-corrected chi connectivity index (χ3v) is 4.25. The molecule has 102 valence electrons. The van der Waals surface area contributed by atoms with Crippen LogP contribution in [0.3, 0.4) is 0 Å². The predicted octanol–water partition coefficient (Wildman–Crippen LogP) is 3.52. The van der Waals surface area contributed by atoms with Crippen molar-refractivity contribution in [3.05, 3.63) is 59.2 Å². The minimum Gasteiger partial charge on any atom is -0.489 e. The molecule has 0 saturated carbocycles. The predicted molar refractivity (Wildman–Crippen MR) is 78.5 cm³/mol. The van der Waals surface area contributed by atoms with E-state index < -0.39 is 11.9 Å². The summed E-state index contributed by atoms with van der Waals surface area (Å²) in [5.41, 5.74) is 2.48. The Morgan fingerprint density at radius 3 is 2.80 bits per heavy atom. The van der Waals surface area contributed by atoms with E-state index in [9.17, 15) is 9.90 Å². The van der Waals surface area contributed by atoms with Crippen LogP contribution >= 0.6 is 11.8 Å². The molecule has 0 aromatic heterocycles. The molecule has 0 saturated heterocycles. The van der Waals surface area contributed by atoms with Gasteiger partial charge in [-0.3, -0.25) is 4.79 Å². The number of ether oxygens (including phenoxy) is 1. The number of benzene rings is 2. The molecule has 0 amide bonds. The summed E-state index contributed by atoms with van der Waals surface area (Å²) in [6, 6.07) is 13.3. The zero-order valence-corrected chi connectivity index (χ0v) is 11.8. The summed E-state index contributed by atoms with van der Waals surface area (Å²) in [6.45, 7) is 0.408. The number of hydrogen-bond acceptors (Lipinski definition) is 3. The third-order valence-electron chi connectivity index (χ3n) is 3.52. The van der Waals surface area contributed by atoms with Gasteiger partial charge < -0.3 is 9.84 Å². The van der Waals surface area contributed by atoms with Gasteiger partial charge in [-0.15, -0.1) is 11.8 Å². The third kappa shape index (κ3) is 2.16. The van der Waals surface area contributed by atoms with Crippen molar-refractivity contribution in [1.29, 1.82) is 0 Å². The first kappa shape index (κ1) is 13.1. The smallest absolute Gasteiger partial charge is 0.315 e. The molecule has 0 bridgehead atoms. The number of aliphatic carboxylic acids is 1. The fourth-order valence-electron chi connectivity index (χ4n) is 2.55. The van der Waals surface area contributed by atoms with Crippen molar-refractivity contribution in [2.24, 2.45) is 0 Å². The summed E-state index contributed by atoms with van der Waals surface area (Å²) in [7, 11) is 0. The van der Waals surface area contributed by atoms with Gasteiger partial charge in [-0.05, 0) is 35.6 Å². The second kappa shape index (κ2) is 5.21. The van der Waals surface area contributed by atoms with Gasteiger partial charge in [-0.1, -0.05) is 24.3 Å². The topological polar surface area (TPSA) is 46.5 Å². The van der Waals surface area contributed by atoms with Crippen molar-refractivity contribution in [3.8, 4) is 5.75 Å². The van der Waals surface area contributed by atoms with E-state index in [1.807, 2.05) is 48.7 Å². The summed E-state index contributed by atoms with van der Waals surface area (Å²) in [4.78, 5) is 12.8. The van der Waals surface area contributed by atoms with Gasteiger partial charge in [0.05, 0.1) is 0 Å². The molecule has 1 aliphatic heterocycles. The first-order valence-electron chi connectivity index (χ1n) is 6.32. The van der Waals surface area contributed by atoms with Crippen LogP contribution < -0.4 is 4.74 Å². The number of rotatable bonds is 2. The molecular weight excluding hydrogens is 272 g/mol. The van der Waals surface area contributed by atoms with Crippen molar-refractivity contribution < 1.29 is 14.6 Å². The maximum absolute atomic E-state index is 11.8. The molecule has 1 aliphatic rings. The van der Waals surface area contributed by atoms with Crippen LogP contribution in [0.1, 0.15) is 22.6 Å². The quantitative estimate of drug-likeness (QED) is 0.858. The molecule has 20 heavy (non-hydrogen) atoms. The van der Waals surface area contributed by atoms with Crippen molar-refractivity contribution in [2.75, 3.05) is 6.26 Å². The summed E-state index contributed by atoms with van der Waals surface area (Å²) in [6.07, 6.45) is 1.98. The highest BCUT2D eigenvalue weighted by molar-refractivity contribution is 7.98. The maximum atomic E-state index is 11.8. The lowest BCUT2D eigenvalue weighted by atomic mass is 9.88. The molecule has 0 unspecified atom stereocenters. The molecule has 2 aromatic rings. The van der Waals surface area contributed by atoms with Crippen LogP contribution in [0, 0.1) is 0 Å². The van der Waals surface area contributed by atoms with Crippen LogP contribution in [0.15, 0.2) is 47.4 Å². The number of carboxylic acids is 1. The normalized spacial score (nSPS) is 16.6. The van der Waals surface area contributed by atoms with E-state index in [-0.39, 0.29) is 0 Å². The monoisotopic (exact) mass is 286 g/mol. The zero-order valence-electron chi connectivity index (χ0n) is 11.0. The molecule has 1 heterocycles. The molecule has 0 radical (unpaired) electrons. The minimum absolute atomic E-state index is 0.408. The Balaban J connectivity index is 2.22. The van der Waals surface area contributed by atoms with Gasteiger partial charge in [0.1, 0.15) is 18.3 Å². The summed E-state index contributed by atoms with van der Waals surface area (Å²) in [5.74, 6) is -0.857. The summed E-state index contributed by atoms with van der Waals surface area (Å²) >= 11 is 1.59. The van der Waals surface area contributed by atoms with Crippen LogP contribution in [0.2, 0.25) is 0 Å². The van der Waals surface area contributed by atoms with E-state index in [2.05, 4.69) is 0 Å². The maximum Gasteiger partial charge on any atom is 0.315 e. The van der Waals surface area contributed by atoms with Gasteiger partial charge in [0, 0.05) is 10.5 Å². The van der Waals surface area contributed by atoms with Crippen molar-refractivity contribution in [1.82, 2.24) is 0 Å². The molecule has 3 nitrogen and oxygen atoms in total. The second-order valence-electron chi connectivity index (χ2n) is 4.66. The second-order valence-corrected chi connectivity index (χ2v) is 5.54. The van der Waals surface area contributed by atoms with Gasteiger partial charge in [0.25, 0.3) is 0 Å². The zero-order chi connectivity index (χ0) is 14.1. The fourth-order valence-corrected chi connectivity index (χ4v) is 3.00. The van der Waals surface area contributed by atoms with E-state index in [4.69, 9.17) is 4.74 Å². The van der Waals surface area contributed by atoms with Gasteiger partial charge in [-0.25, -0.2) is 0 Å². The first-order valence-corrected chi connectivity index (χ1v) is 7.54. The highest BCUT2D eigenvalue weighted by atomic mass is 32.2. The summed E-state index contributed by atoms with van der Waals surface area (Å²) in [5, 5.41) is 9.66. The SMILES string of the molecule is CSc1ccc2c(c1)[C@@H](C(=O)O)c1ccccc1CO2. The fraction of sp³-hybridized carbons (Fsp3) is 0.188. The minimum atomic E-state index is -0.845. The molecule has 0 fully saturated rings. The molecule has 1 atom stereocenters. The Bertz CT molecular complexity index is 667. The van der Waals surface area contributed by atoms with Gasteiger partial charge in [0.2, 0.25) is 0 Å². The molecule has 0 aliphatic carbocycles. The van der Waals surface area contributed by atoms with Crippen molar-refractivity contribution in [3.63, 3.8) is 0 Å². The average Bonchev–Trinajstić information content (AvgIpc) is 2.62. The van der Waals surface area contributed by atoms with Crippen LogP contribution in [0.4, 0.5) is 0 Å². The van der Waals surface area contributed by atoms with Crippen molar-refractivity contribution >= 4 is 17.7 Å². The summed E-state index contributed by atoms with van der Waals surface area (Å²) < 4.78 is 5.78. The molecule has 4 heteroatoms. The molecule has 1 N–H and O–H groups in total. The number of hydrogen-bond donors (Lipinski definition) is 1. The van der Waals surface area contributed by atoms with Gasteiger partial charge >= 0.3 is 5.97 Å². The number of carbonyl (C=O) groups is 1. The lowest BCUT2D eigenvalue weighted by molar-refractivity contribution is -0.137. The largest absolute Gasteiger partial charge is 0.489 e. The lowest BCUT2D eigenvalue weighted by Crippen LogP contribution is -2.13. The van der Waals surface area contributed by atoms with Crippen LogP contribution in [-0.2, 0) is 11.4 Å².